The second-order valence-corrected chi connectivity index (χ2v) is 6.34. The summed E-state index contributed by atoms with van der Waals surface area (Å²) >= 11 is 0. The lowest BCUT2D eigenvalue weighted by Gasteiger charge is -2.34. The lowest BCUT2D eigenvalue weighted by molar-refractivity contribution is -0.136. The van der Waals surface area contributed by atoms with Crippen molar-refractivity contribution in [2.75, 3.05) is 6.54 Å². The maximum atomic E-state index is 13.9. The normalized spacial score (nSPS) is 25.6. The zero-order valence-electron chi connectivity index (χ0n) is 12.5. The number of hydrogen-bond acceptors (Lipinski definition) is 2. The second-order valence-electron chi connectivity index (χ2n) is 6.34. The molecule has 2 fully saturated rings. The van der Waals surface area contributed by atoms with Gasteiger partial charge in [-0.2, -0.15) is 0 Å². The fourth-order valence-corrected chi connectivity index (χ4v) is 3.14. The quantitative estimate of drug-likeness (QED) is 0.924. The molecule has 1 amide bonds. The number of carbonyl (C=O) groups is 1. The van der Waals surface area contributed by atoms with Crippen LogP contribution in [0.1, 0.15) is 38.2 Å². The van der Waals surface area contributed by atoms with Crippen LogP contribution in [0.4, 0.5) is 4.39 Å². The van der Waals surface area contributed by atoms with E-state index in [2.05, 4.69) is 12.2 Å². The highest BCUT2D eigenvalue weighted by molar-refractivity contribution is 5.83. The monoisotopic (exact) mass is 290 g/mol. The summed E-state index contributed by atoms with van der Waals surface area (Å²) in [5, 5.41) is 3.35. The summed E-state index contributed by atoms with van der Waals surface area (Å²) in [6.07, 6.45) is 4.30. The Bertz CT molecular complexity index is 515. The molecule has 4 heteroatoms. The molecule has 1 aliphatic heterocycles. The third-order valence-electron chi connectivity index (χ3n) is 4.60. The van der Waals surface area contributed by atoms with Crippen molar-refractivity contribution in [3.8, 4) is 0 Å². The first kappa shape index (κ1) is 14.5. The average molecular weight is 290 g/mol. The molecule has 114 valence electrons. The largest absolute Gasteiger partial charge is 0.334 e. The highest BCUT2D eigenvalue weighted by Gasteiger charge is 2.38. The molecule has 1 aliphatic carbocycles. The number of piperidine rings is 1. The van der Waals surface area contributed by atoms with E-state index in [-0.39, 0.29) is 17.8 Å². The van der Waals surface area contributed by atoms with Crippen LogP contribution in [0.25, 0.3) is 0 Å². The van der Waals surface area contributed by atoms with E-state index in [9.17, 15) is 9.18 Å². The standard InChI is InChI=1S/C17H23FN2O/c1-12-5-4-10-19-16(12)17(21)20(14-8-9-14)11-13-6-2-3-7-15(13)18/h2-3,6-7,12,14,16,19H,4-5,8-11H2,1H3. The summed E-state index contributed by atoms with van der Waals surface area (Å²) < 4.78 is 13.9. The SMILES string of the molecule is CC1CCCNC1C(=O)N(Cc1ccccc1F)C1CC1. The van der Waals surface area contributed by atoms with Crippen LogP contribution in [-0.2, 0) is 11.3 Å². The zero-order chi connectivity index (χ0) is 14.8. The predicted molar refractivity (Wildman–Crippen MR) is 80.2 cm³/mol. The van der Waals surface area contributed by atoms with Crippen LogP contribution in [0.2, 0.25) is 0 Å². The van der Waals surface area contributed by atoms with Gasteiger partial charge in [0.05, 0.1) is 6.04 Å². The number of hydrogen-bond donors (Lipinski definition) is 1. The fourth-order valence-electron chi connectivity index (χ4n) is 3.14. The van der Waals surface area contributed by atoms with E-state index in [1.54, 1.807) is 12.1 Å². The molecule has 2 atom stereocenters. The average Bonchev–Trinajstić information content (AvgIpc) is 3.31. The van der Waals surface area contributed by atoms with Crippen LogP contribution in [-0.4, -0.2) is 29.4 Å². The Kier molecular flexibility index (Phi) is 4.24. The van der Waals surface area contributed by atoms with Gasteiger partial charge in [0.2, 0.25) is 5.91 Å². The summed E-state index contributed by atoms with van der Waals surface area (Å²) in [4.78, 5) is 14.7. The summed E-state index contributed by atoms with van der Waals surface area (Å²) in [7, 11) is 0. The maximum Gasteiger partial charge on any atom is 0.240 e. The number of carbonyl (C=O) groups excluding carboxylic acids is 1. The first-order valence-corrected chi connectivity index (χ1v) is 7.94. The smallest absolute Gasteiger partial charge is 0.240 e. The van der Waals surface area contributed by atoms with Gasteiger partial charge in [0.1, 0.15) is 5.82 Å². The highest BCUT2D eigenvalue weighted by atomic mass is 19.1. The van der Waals surface area contributed by atoms with Crippen molar-refractivity contribution < 1.29 is 9.18 Å². The van der Waals surface area contributed by atoms with Gasteiger partial charge >= 0.3 is 0 Å². The van der Waals surface area contributed by atoms with E-state index in [0.717, 1.165) is 32.2 Å². The van der Waals surface area contributed by atoms with Gasteiger partial charge in [-0.1, -0.05) is 25.1 Å². The molecule has 0 aromatic heterocycles. The van der Waals surface area contributed by atoms with Crippen molar-refractivity contribution in [2.45, 2.75) is 51.2 Å². The molecule has 2 aliphatic rings. The topological polar surface area (TPSA) is 32.3 Å². The van der Waals surface area contributed by atoms with Crippen LogP contribution >= 0.6 is 0 Å². The van der Waals surface area contributed by atoms with Gasteiger partial charge in [0, 0.05) is 18.2 Å². The molecule has 0 radical (unpaired) electrons. The number of benzene rings is 1. The molecule has 1 N–H and O–H groups in total. The molecule has 1 saturated heterocycles. The van der Waals surface area contributed by atoms with Crippen molar-refractivity contribution in [2.24, 2.45) is 5.92 Å². The molecule has 21 heavy (non-hydrogen) atoms. The molecule has 1 heterocycles. The molecule has 3 nitrogen and oxygen atoms in total. The van der Waals surface area contributed by atoms with Gasteiger partial charge in [0.15, 0.2) is 0 Å². The molecule has 0 spiro atoms. The predicted octanol–water partition coefficient (Wildman–Crippen LogP) is 2.70. The van der Waals surface area contributed by atoms with Crippen molar-refractivity contribution in [1.82, 2.24) is 10.2 Å². The van der Waals surface area contributed by atoms with Crippen molar-refractivity contribution >= 4 is 5.91 Å². The maximum absolute atomic E-state index is 13.9. The third-order valence-corrected chi connectivity index (χ3v) is 4.60. The van der Waals surface area contributed by atoms with Crippen molar-refractivity contribution in [1.29, 1.82) is 0 Å². The van der Waals surface area contributed by atoms with Crippen LogP contribution in [0.5, 0.6) is 0 Å². The van der Waals surface area contributed by atoms with Gasteiger partial charge in [-0.25, -0.2) is 4.39 Å². The third kappa shape index (κ3) is 3.26. The number of rotatable bonds is 4. The minimum Gasteiger partial charge on any atom is -0.334 e. The number of nitrogens with one attached hydrogen (secondary N) is 1. The lowest BCUT2D eigenvalue weighted by Crippen LogP contribution is -2.52. The molecule has 0 bridgehead atoms. The molecular formula is C17H23FN2O. The van der Waals surface area contributed by atoms with E-state index in [0.29, 0.717) is 24.1 Å². The summed E-state index contributed by atoms with van der Waals surface area (Å²) in [6.45, 7) is 3.42. The summed E-state index contributed by atoms with van der Waals surface area (Å²) in [5.74, 6) is 0.279. The first-order chi connectivity index (χ1) is 10.2. The molecule has 2 unspecified atom stereocenters. The van der Waals surface area contributed by atoms with E-state index < -0.39 is 0 Å². The Hall–Kier alpha value is -1.42. The number of amides is 1. The zero-order valence-corrected chi connectivity index (χ0v) is 12.5. The molecular weight excluding hydrogens is 267 g/mol. The number of nitrogens with zero attached hydrogens (tertiary/aromatic N) is 1. The van der Waals surface area contributed by atoms with E-state index in [1.165, 1.54) is 6.07 Å². The van der Waals surface area contributed by atoms with E-state index in [4.69, 9.17) is 0 Å². The van der Waals surface area contributed by atoms with Gasteiger partial charge in [-0.15, -0.1) is 0 Å². The highest BCUT2D eigenvalue weighted by Crippen LogP contribution is 2.31. The Morgan fingerprint density at radius 1 is 1.33 bits per heavy atom. The van der Waals surface area contributed by atoms with Crippen molar-refractivity contribution in [3.63, 3.8) is 0 Å². The van der Waals surface area contributed by atoms with Crippen LogP contribution < -0.4 is 5.32 Å². The van der Waals surface area contributed by atoms with Crippen LogP contribution in [0.3, 0.4) is 0 Å². The van der Waals surface area contributed by atoms with Crippen LogP contribution in [0, 0.1) is 11.7 Å². The lowest BCUT2D eigenvalue weighted by atomic mass is 9.91. The van der Waals surface area contributed by atoms with Crippen molar-refractivity contribution in [3.05, 3.63) is 35.6 Å². The Labute approximate surface area is 125 Å². The van der Waals surface area contributed by atoms with Gasteiger partial charge in [0.25, 0.3) is 0 Å². The fraction of sp³-hybridized carbons (Fsp3) is 0.588. The number of halogens is 1. The Morgan fingerprint density at radius 2 is 2.10 bits per heavy atom. The molecule has 1 aromatic carbocycles. The second kappa shape index (κ2) is 6.14. The Balaban J connectivity index is 1.75. The van der Waals surface area contributed by atoms with Gasteiger partial charge < -0.3 is 10.2 Å². The summed E-state index contributed by atoms with van der Waals surface area (Å²) in [6, 6.07) is 6.95. The Morgan fingerprint density at radius 3 is 2.76 bits per heavy atom. The minimum atomic E-state index is -0.222. The summed E-state index contributed by atoms with van der Waals surface area (Å²) in [5.41, 5.74) is 0.612. The molecule has 1 aromatic rings. The van der Waals surface area contributed by atoms with Gasteiger partial charge in [-0.3, -0.25) is 4.79 Å². The van der Waals surface area contributed by atoms with E-state index >= 15 is 0 Å². The first-order valence-electron chi connectivity index (χ1n) is 7.94. The minimum absolute atomic E-state index is 0.105. The van der Waals surface area contributed by atoms with Crippen LogP contribution in [0.15, 0.2) is 24.3 Å². The molecule has 3 rings (SSSR count). The van der Waals surface area contributed by atoms with Gasteiger partial charge in [-0.05, 0) is 44.2 Å². The molecule has 1 saturated carbocycles. The van der Waals surface area contributed by atoms with E-state index in [1.807, 2.05) is 11.0 Å².